The molecular formula is C19H21F2N5O4. The predicted octanol–water partition coefficient (Wildman–Crippen LogP) is 2.38. The summed E-state index contributed by atoms with van der Waals surface area (Å²) in [4.78, 5) is 28.7. The number of hydrogen-bond acceptors (Lipinski definition) is 6. The molecule has 3 heterocycles. The standard InChI is InChI=1S/C19H21F2N5O4/c1-9-7-29-14-5-11(23-10(2)17(22)27)3-4-12(14)18-24-15(6-25(9)18)26-13(16(20)21)8-30-19(26)28/h3-6,9-10,13,16,23H,7-8H2,1-2H3,(H2,22,27)/t9-,10-,13-/m0/s1. The molecule has 3 N–H and O–H groups in total. The van der Waals surface area contributed by atoms with Gasteiger partial charge in [-0.2, -0.15) is 0 Å². The molecule has 2 aliphatic heterocycles. The number of carbonyl (C=O) groups is 2. The first-order chi connectivity index (χ1) is 14.3. The van der Waals surface area contributed by atoms with Gasteiger partial charge in [0.05, 0.1) is 11.6 Å². The molecule has 0 radical (unpaired) electrons. The summed E-state index contributed by atoms with van der Waals surface area (Å²) in [6.07, 6.45) is -2.05. The van der Waals surface area contributed by atoms with Crippen LogP contribution < -0.4 is 20.7 Å². The number of nitrogens with two attached hydrogens (primary N) is 1. The number of benzene rings is 1. The Morgan fingerprint density at radius 2 is 2.10 bits per heavy atom. The summed E-state index contributed by atoms with van der Waals surface area (Å²) >= 11 is 0. The lowest BCUT2D eigenvalue weighted by Crippen LogP contribution is -2.38. The average molecular weight is 421 g/mol. The number of fused-ring (bicyclic) bond motifs is 3. The minimum atomic E-state index is -2.76. The van der Waals surface area contributed by atoms with Crippen LogP contribution in [0.2, 0.25) is 0 Å². The maximum absolute atomic E-state index is 13.4. The second kappa shape index (κ2) is 7.47. The zero-order valence-electron chi connectivity index (χ0n) is 16.3. The summed E-state index contributed by atoms with van der Waals surface area (Å²) < 4.78 is 39.2. The van der Waals surface area contributed by atoms with Crippen molar-refractivity contribution >= 4 is 23.5 Å². The zero-order chi connectivity index (χ0) is 21.6. The summed E-state index contributed by atoms with van der Waals surface area (Å²) in [6, 6.07) is 3.08. The molecule has 1 aromatic heterocycles. The van der Waals surface area contributed by atoms with Crippen molar-refractivity contribution < 1.29 is 27.8 Å². The SMILES string of the molecule is C[C@H](Nc1ccc2c(c1)OC[C@H](C)n1cc(N3C(=O)OC[C@H]3C(F)F)nc1-2)C(N)=O. The maximum Gasteiger partial charge on any atom is 0.416 e. The van der Waals surface area contributed by atoms with Gasteiger partial charge in [0.25, 0.3) is 6.43 Å². The molecule has 1 aromatic carbocycles. The van der Waals surface area contributed by atoms with Crippen molar-refractivity contribution in [3.63, 3.8) is 0 Å². The molecule has 30 heavy (non-hydrogen) atoms. The number of amides is 2. The van der Waals surface area contributed by atoms with Crippen molar-refractivity contribution in [2.24, 2.45) is 5.73 Å². The molecule has 0 unspecified atom stereocenters. The van der Waals surface area contributed by atoms with Crippen molar-refractivity contribution in [1.82, 2.24) is 9.55 Å². The van der Waals surface area contributed by atoms with Crippen LogP contribution in [0.25, 0.3) is 11.4 Å². The smallest absolute Gasteiger partial charge is 0.416 e. The number of nitrogens with one attached hydrogen (secondary N) is 1. The Hall–Kier alpha value is -3.37. The van der Waals surface area contributed by atoms with Crippen LogP contribution in [0.5, 0.6) is 5.75 Å². The summed E-state index contributed by atoms with van der Waals surface area (Å²) in [7, 11) is 0. The lowest BCUT2D eigenvalue weighted by molar-refractivity contribution is -0.118. The molecule has 9 nitrogen and oxygen atoms in total. The largest absolute Gasteiger partial charge is 0.491 e. The molecule has 1 fully saturated rings. The number of rotatable bonds is 5. The molecule has 11 heteroatoms. The van der Waals surface area contributed by atoms with E-state index in [-0.39, 0.29) is 18.5 Å². The summed E-state index contributed by atoms with van der Waals surface area (Å²) in [5.41, 5.74) is 6.55. The molecule has 0 spiro atoms. The molecular weight excluding hydrogens is 400 g/mol. The number of imidazole rings is 1. The number of carbonyl (C=O) groups excluding carboxylic acids is 2. The molecule has 0 aliphatic carbocycles. The Labute approximate surface area is 170 Å². The zero-order valence-corrected chi connectivity index (χ0v) is 16.3. The summed E-state index contributed by atoms with van der Waals surface area (Å²) in [5.74, 6) is 0.592. The van der Waals surface area contributed by atoms with Gasteiger partial charge in [-0.15, -0.1) is 0 Å². The number of nitrogens with zero attached hydrogens (tertiary/aromatic N) is 3. The Kier molecular flexibility index (Phi) is 4.96. The first-order valence-corrected chi connectivity index (χ1v) is 9.42. The Morgan fingerprint density at radius 3 is 2.80 bits per heavy atom. The van der Waals surface area contributed by atoms with Crippen LogP contribution in [0, 0.1) is 0 Å². The van der Waals surface area contributed by atoms with Gasteiger partial charge in [0.1, 0.15) is 36.9 Å². The van der Waals surface area contributed by atoms with Crippen LogP contribution in [0.15, 0.2) is 24.4 Å². The van der Waals surface area contributed by atoms with E-state index in [4.69, 9.17) is 15.2 Å². The molecule has 0 bridgehead atoms. The second-order valence-electron chi connectivity index (χ2n) is 7.32. The third-order valence-corrected chi connectivity index (χ3v) is 5.15. The van der Waals surface area contributed by atoms with Gasteiger partial charge in [-0.05, 0) is 26.0 Å². The number of alkyl halides is 2. The maximum atomic E-state index is 13.4. The number of hydrogen-bond donors (Lipinski definition) is 2. The highest BCUT2D eigenvalue weighted by Gasteiger charge is 2.42. The van der Waals surface area contributed by atoms with E-state index in [1.165, 1.54) is 0 Å². The van der Waals surface area contributed by atoms with Gasteiger partial charge in [-0.3, -0.25) is 4.79 Å². The van der Waals surface area contributed by atoms with Gasteiger partial charge < -0.3 is 25.1 Å². The highest BCUT2D eigenvalue weighted by molar-refractivity contribution is 5.90. The number of ether oxygens (including phenoxy) is 2. The Bertz CT molecular complexity index is 995. The fourth-order valence-corrected chi connectivity index (χ4v) is 3.45. The van der Waals surface area contributed by atoms with E-state index in [9.17, 15) is 18.4 Å². The van der Waals surface area contributed by atoms with Crippen molar-refractivity contribution in [2.75, 3.05) is 23.4 Å². The quantitative estimate of drug-likeness (QED) is 0.767. The molecule has 2 aromatic rings. The lowest BCUT2D eigenvalue weighted by atomic mass is 10.1. The summed E-state index contributed by atoms with van der Waals surface area (Å²) in [5, 5.41) is 2.99. The Balaban J connectivity index is 1.72. The molecule has 2 aliphatic rings. The van der Waals surface area contributed by atoms with Crippen LogP contribution in [-0.2, 0) is 9.53 Å². The van der Waals surface area contributed by atoms with Gasteiger partial charge >= 0.3 is 6.09 Å². The molecule has 0 saturated carbocycles. The fraction of sp³-hybridized carbons (Fsp3) is 0.421. The van der Waals surface area contributed by atoms with Crippen molar-refractivity contribution in [3.05, 3.63) is 24.4 Å². The monoisotopic (exact) mass is 421 g/mol. The van der Waals surface area contributed by atoms with Crippen LogP contribution >= 0.6 is 0 Å². The van der Waals surface area contributed by atoms with E-state index in [0.29, 0.717) is 29.4 Å². The fourth-order valence-electron chi connectivity index (χ4n) is 3.45. The van der Waals surface area contributed by atoms with Crippen molar-refractivity contribution in [2.45, 2.75) is 38.4 Å². The highest BCUT2D eigenvalue weighted by Crippen LogP contribution is 2.39. The first kappa shape index (κ1) is 19.9. The van der Waals surface area contributed by atoms with Crippen LogP contribution in [0.3, 0.4) is 0 Å². The summed E-state index contributed by atoms with van der Waals surface area (Å²) in [6.45, 7) is 3.45. The predicted molar refractivity (Wildman–Crippen MR) is 104 cm³/mol. The van der Waals surface area contributed by atoms with E-state index < -0.39 is 30.5 Å². The topological polar surface area (TPSA) is 112 Å². The van der Waals surface area contributed by atoms with Gasteiger partial charge in [0.2, 0.25) is 5.91 Å². The van der Waals surface area contributed by atoms with Crippen LogP contribution in [-0.4, -0.2) is 53.3 Å². The highest BCUT2D eigenvalue weighted by atomic mass is 19.3. The normalized spacial score (nSPS) is 21.4. The minimum Gasteiger partial charge on any atom is -0.491 e. The van der Waals surface area contributed by atoms with E-state index in [0.717, 1.165) is 4.90 Å². The first-order valence-electron chi connectivity index (χ1n) is 9.42. The third kappa shape index (κ3) is 3.40. The molecule has 4 rings (SSSR count). The van der Waals surface area contributed by atoms with E-state index in [1.54, 1.807) is 35.9 Å². The number of anilines is 2. The minimum absolute atomic E-state index is 0.0991. The van der Waals surface area contributed by atoms with Crippen LogP contribution in [0.4, 0.5) is 25.1 Å². The molecule has 1 saturated heterocycles. The third-order valence-electron chi connectivity index (χ3n) is 5.15. The van der Waals surface area contributed by atoms with Gasteiger partial charge in [0.15, 0.2) is 5.82 Å². The number of halogens is 2. The van der Waals surface area contributed by atoms with Crippen molar-refractivity contribution in [3.8, 4) is 17.1 Å². The number of aromatic nitrogens is 2. The average Bonchev–Trinajstić information content (AvgIpc) is 3.26. The van der Waals surface area contributed by atoms with Crippen molar-refractivity contribution in [1.29, 1.82) is 0 Å². The lowest BCUT2D eigenvalue weighted by Gasteiger charge is -2.18. The molecule has 160 valence electrons. The second-order valence-corrected chi connectivity index (χ2v) is 7.32. The Morgan fingerprint density at radius 1 is 1.33 bits per heavy atom. The van der Waals surface area contributed by atoms with Gasteiger partial charge in [-0.1, -0.05) is 0 Å². The van der Waals surface area contributed by atoms with Gasteiger partial charge in [0, 0.05) is 18.0 Å². The van der Waals surface area contributed by atoms with E-state index >= 15 is 0 Å². The molecule has 3 atom stereocenters. The van der Waals surface area contributed by atoms with E-state index in [1.807, 2.05) is 6.92 Å². The van der Waals surface area contributed by atoms with Crippen LogP contribution in [0.1, 0.15) is 19.9 Å². The number of primary amides is 1. The van der Waals surface area contributed by atoms with E-state index in [2.05, 4.69) is 10.3 Å². The molecule has 2 amide bonds. The number of cyclic esters (lactones) is 1. The van der Waals surface area contributed by atoms with Gasteiger partial charge in [-0.25, -0.2) is 23.5 Å².